The molecule has 0 aromatic heterocycles. The molecule has 1 nitrogen and oxygen atoms in total. The van der Waals surface area contributed by atoms with E-state index in [0.717, 1.165) is 19.5 Å². The maximum absolute atomic E-state index is 5.96. The molecule has 1 aromatic rings. The van der Waals surface area contributed by atoms with Crippen molar-refractivity contribution in [3.8, 4) is 0 Å². The van der Waals surface area contributed by atoms with Crippen LogP contribution in [0.4, 0.5) is 0 Å². The average molecular weight is 287 g/mol. The van der Waals surface area contributed by atoms with Crippen LogP contribution in [0.15, 0.2) is 12.1 Å². The molecular formula is C10H11Cl4N. The van der Waals surface area contributed by atoms with Crippen molar-refractivity contribution in [2.24, 2.45) is 0 Å². The molecule has 0 radical (unpaired) electrons. The summed E-state index contributed by atoms with van der Waals surface area (Å²) in [5.41, 5.74) is 1.18. The van der Waals surface area contributed by atoms with Gasteiger partial charge in [0.2, 0.25) is 0 Å². The minimum Gasteiger partial charge on any atom is -0.316 e. The number of rotatable bonds is 1. The van der Waals surface area contributed by atoms with Crippen molar-refractivity contribution in [3.05, 3.63) is 32.8 Å². The Balaban J connectivity index is 0.00000112. The summed E-state index contributed by atoms with van der Waals surface area (Å²) in [6.45, 7) is 2.05. The third-order valence-corrected chi connectivity index (χ3v) is 3.73. The molecule has 0 bridgehead atoms. The first-order valence-corrected chi connectivity index (χ1v) is 5.67. The molecule has 0 aliphatic carbocycles. The van der Waals surface area contributed by atoms with E-state index in [2.05, 4.69) is 5.32 Å². The van der Waals surface area contributed by atoms with E-state index < -0.39 is 0 Å². The second kappa shape index (κ2) is 5.60. The number of hydrogen-bond donors (Lipinski definition) is 1. The molecule has 1 saturated heterocycles. The maximum atomic E-state index is 5.96. The topological polar surface area (TPSA) is 12.0 Å². The molecule has 84 valence electrons. The standard InChI is InChI=1S/C10H10Cl3N.ClH/c11-8-3-7(4-9(12)10(8)13)6-1-2-14-5-6;/h3-4,6,14H,1-2,5H2;1H. The molecule has 1 aliphatic heterocycles. The summed E-state index contributed by atoms with van der Waals surface area (Å²) in [4.78, 5) is 0. The quantitative estimate of drug-likeness (QED) is 0.765. The fourth-order valence-corrected chi connectivity index (χ4v) is 2.36. The van der Waals surface area contributed by atoms with Crippen molar-refractivity contribution in [1.82, 2.24) is 5.32 Å². The maximum Gasteiger partial charge on any atom is 0.0778 e. The highest BCUT2D eigenvalue weighted by Gasteiger charge is 2.18. The third-order valence-electron chi connectivity index (χ3n) is 2.54. The van der Waals surface area contributed by atoms with Crippen molar-refractivity contribution in [3.63, 3.8) is 0 Å². The molecule has 1 fully saturated rings. The first-order chi connectivity index (χ1) is 6.68. The van der Waals surface area contributed by atoms with E-state index in [4.69, 9.17) is 34.8 Å². The lowest BCUT2D eigenvalue weighted by molar-refractivity contribution is 0.763. The van der Waals surface area contributed by atoms with Crippen LogP contribution < -0.4 is 5.32 Å². The van der Waals surface area contributed by atoms with Crippen molar-refractivity contribution in [1.29, 1.82) is 0 Å². The molecule has 0 spiro atoms. The van der Waals surface area contributed by atoms with Gasteiger partial charge in [0.05, 0.1) is 15.1 Å². The Morgan fingerprint density at radius 2 is 1.73 bits per heavy atom. The molecule has 15 heavy (non-hydrogen) atoms. The van der Waals surface area contributed by atoms with E-state index in [1.54, 1.807) is 0 Å². The van der Waals surface area contributed by atoms with Crippen LogP contribution >= 0.6 is 47.2 Å². The fraction of sp³-hybridized carbons (Fsp3) is 0.400. The summed E-state index contributed by atoms with van der Waals surface area (Å²) in [5, 5.41) is 4.84. The van der Waals surface area contributed by atoms with E-state index in [9.17, 15) is 0 Å². The molecule has 1 atom stereocenters. The number of nitrogens with one attached hydrogen (secondary N) is 1. The lowest BCUT2D eigenvalue weighted by Gasteiger charge is -2.10. The fourth-order valence-electron chi connectivity index (χ4n) is 1.75. The second-order valence-electron chi connectivity index (χ2n) is 3.49. The van der Waals surface area contributed by atoms with Gasteiger partial charge in [0.25, 0.3) is 0 Å². The Morgan fingerprint density at radius 1 is 1.13 bits per heavy atom. The van der Waals surface area contributed by atoms with Crippen molar-refractivity contribution >= 4 is 47.2 Å². The zero-order chi connectivity index (χ0) is 10.1. The van der Waals surface area contributed by atoms with Gasteiger partial charge in [-0.1, -0.05) is 34.8 Å². The zero-order valence-electron chi connectivity index (χ0n) is 7.90. The van der Waals surface area contributed by atoms with Gasteiger partial charge in [0.15, 0.2) is 0 Å². The molecule has 0 saturated carbocycles. The minimum absolute atomic E-state index is 0. The molecule has 1 unspecified atom stereocenters. The molecule has 1 aromatic carbocycles. The van der Waals surface area contributed by atoms with Crippen LogP contribution in [0.25, 0.3) is 0 Å². The summed E-state index contributed by atoms with van der Waals surface area (Å²) in [7, 11) is 0. The number of halogens is 4. The van der Waals surface area contributed by atoms with Crippen LogP contribution in [0, 0.1) is 0 Å². The van der Waals surface area contributed by atoms with E-state index in [1.165, 1.54) is 5.56 Å². The SMILES string of the molecule is Cl.Clc1cc(C2CCNC2)cc(Cl)c1Cl. The lowest BCUT2D eigenvalue weighted by atomic mass is 9.99. The first kappa shape index (κ1) is 13.4. The van der Waals surface area contributed by atoms with Crippen LogP contribution in [-0.2, 0) is 0 Å². The Hall–Kier alpha value is 0.340. The summed E-state index contributed by atoms with van der Waals surface area (Å²) in [6, 6.07) is 3.82. The first-order valence-electron chi connectivity index (χ1n) is 4.53. The highest BCUT2D eigenvalue weighted by molar-refractivity contribution is 6.48. The predicted octanol–water partition coefficient (Wildman–Crippen LogP) is 4.15. The van der Waals surface area contributed by atoms with Gasteiger partial charge in [0.1, 0.15) is 0 Å². The van der Waals surface area contributed by atoms with E-state index in [1.807, 2.05) is 12.1 Å². The van der Waals surface area contributed by atoms with Gasteiger partial charge < -0.3 is 5.32 Å². The van der Waals surface area contributed by atoms with Gasteiger partial charge in [0, 0.05) is 6.54 Å². The normalized spacial score (nSPS) is 20.1. The van der Waals surface area contributed by atoms with Crippen LogP contribution in [0.5, 0.6) is 0 Å². The van der Waals surface area contributed by atoms with Gasteiger partial charge in [-0.2, -0.15) is 0 Å². The highest BCUT2D eigenvalue weighted by atomic mass is 35.5. The van der Waals surface area contributed by atoms with Crippen molar-refractivity contribution < 1.29 is 0 Å². The average Bonchev–Trinajstić information content (AvgIpc) is 2.66. The van der Waals surface area contributed by atoms with Crippen LogP contribution in [-0.4, -0.2) is 13.1 Å². The molecule has 1 aliphatic rings. The molecule has 5 heteroatoms. The molecule has 1 heterocycles. The largest absolute Gasteiger partial charge is 0.316 e. The smallest absolute Gasteiger partial charge is 0.0778 e. The third kappa shape index (κ3) is 2.92. The second-order valence-corrected chi connectivity index (χ2v) is 4.68. The number of hydrogen-bond acceptors (Lipinski definition) is 1. The van der Waals surface area contributed by atoms with Crippen LogP contribution in [0.2, 0.25) is 15.1 Å². The Labute approximate surface area is 110 Å². The van der Waals surface area contributed by atoms with Gasteiger partial charge >= 0.3 is 0 Å². The Kier molecular flexibility index (Phi) is 5.01. The molecule has 0 amide bonds. The van der Waals surface area contributed by atoms with Gasteiger partial charge in [-0.3, -0.25) is 0 Å². The van der Waals surface area contributed by atoms with Crippen LogP contribution in [0.3, 0.4) is 0 Å². The minimum atomic E-state index is 0. The van der Waals surface area contributed by atoms with Gasteiger partial charge in [-0.25, -0.2) is 0 Å². The van der Waals surface area contributed by atoms with E-state index in [0.29, 0.717) is 21.0 Å². The molecule has 2 rings (SSSR count). The summed E-state index contributed by atoms with van der Waals surface area (Å²) < 4.78 is 0. The van der Waals surface area contributed by atoms with E-state index >= 15 is 0 Å². The summed E-state index contributed by atoms with van der Waals surface area (Å²) in [5.74, 6) is 0.516. The Morgan fingerprint density at radius 3 is 2.20 bits per heavy atom. The van der Waals surface area contributed by atoms with E-state index in [-0.39, 0.29) is 12.4 Å². The molecular weight excluding hydrogens is 276 g/mol. The highest BCUT2D eigenvalue weighted by Crippen LogP contribution is 2.34. The lowest BCUT2D eigenvalue weighted by Crippen LogP contribution is -2.07. The van der Waals surface area contributed by atoms with Gasteiger partial charge in [-0.15, -0.1) is 12.4 Å². The number of benzene rings is 1. The van der Waals surface area contributed by atoms with Crippen LogP contribution in [0.1, 0.15) is 17.9 Å². The Bertz CT molecular complexity index is 324. The summed E-state index contributed by atoms with van der Waals surface area (Å²) in [6.07, 6.45) is 1.13. The predicted molar refractivity (Wildman–Crippen MR) is 68.9 cm³/mol. The van der Waals surface area contributed by atoms with Crippen molar-refractivity contribution in [2.45, 2.75) is 12.3 Å². The summed E-state index contributed by atoms with van der Waals surface area (Å²) >= 11 is 17.8. The molecule has 1 N–H and O–H groups in total. The van der Waals surface area contributed by atoms with Crippen molar-refractivity contribution in [2.75, 3.05) is 13.1 Å². The van der Waals surface area contributed by atoms with Gasteiger partial charge in [-0.05, 0) is 36.6 Å². The monoisotopic (exact) mass is 285 g/mol. The zero-order valence-corrected chi connectivity index (χ0v) is 11.0.